The quantitative estimate of drug-likeness (QED) is 0.768. The Morgan fingerprint density at radius 3 is 2.21 bits per heavy atom. The molecule has 0 radical (unpaired) electrons. The molecule has 1 atom stereocenters. The van der Waals surface area contributed by atoms with Crippen molar-refractivity contribution in [2.24, 2.45) is 11.7 Å². The van der Waals surface area contributed by atoms with Crippen molar-refractivity contribution in [2.45, 2.75) is 32.7 Å². The second kappa shape index (κ2) is 3.35. The highest BCUT2D eigenvalue weighted by Gasteiger charge is 2.29. The molecule has 14 heavy (non-hydrogen) atoms. The molecule has 76 valence electrons. The van der Waals surface area contributed by atoms with Gasteiger partial charge in [-0.2, -0.15) is 0 Å². The lowest BCUT2D eigenvalue weighted by atomic mass is 9.98. The Morgan fingerprint density at radius 2 is 1.79 bits per heavy atom. The first kappa shape index (κ1) is 9.66. The van der Waals surface area contributed by atoms with Crippen LogP contribution in [0.4, 0.5) is 4.39 Å². The number of hydrogen-bond donors (Lipinski definition) is 1. The zero-order valence-electron chi connectivity index (χ0n) is 8.68. The summed E-state index contributed by atoms with van der Waals surface area (Å²) in [4.78, 5) is 0. The van der Waals surface area contributed by atoms with E-state index in [4.69, 9.17) is 5.73 Å². The van der Waals surface area contributed by atoms with E-state index in [1.807, 2.05) is 12.1 Å². The van der Waals surface area contributed by atoms with E-state index >= 15 is 0 Å². The van der Waals surface area contributed by atoms with Crippen LogP contribution in [0.1, 0.15) is 35.6 Å². The first-order valence-electron chi connectivity index (χ1n) is 5.12. The molecule has 2 N–H and O–H groups in total. The van der Waals surface area contributed by atoms with E-state index in [2.05, 4.69) is 0 Å². The summed E-state index contributed by atoms with van der Waals surface area (Å²) < 4.78 is 13.4. The number of aryl methyl sites for hydroxylation is 2. The Bertz CT molecular complexity index is 332. The van der Waals surface area contributed by atoms with Gasteiger partial charge < -0.3 is 5.73 Å². The van der Waals surface area contributed by atoms with E-state index in [9.17, 15) is 4.39 Å². The van der Waals surface area contributed by atoms with Crippen LogP contribution >= 0.6 is 0 Å². The van der Waals surface area contributed by atoms with Crippen LogP contribution in [0.5, 0.6) is 0 Å². The maximum Gasteiger partial charge on any atom is 0.129 e. The highest BCUT2D eigenvalue weighted by molar-refractivity contribution is 5.33. The summed E-state index contributed by atoms with van der Waals surface area (Å²) in [6, 6.07) is 3.87. The maximum absolute atomic E-state index is 13.4. The molecule has 0 heterocycles. The molecule has 2 rings (SSSR count). The molecule has 1 aromatic carbocycles. The molecule has 0 spiro atoms. The Kier molecular flexibility index (Phi) is 2.31. The van der Waals surface area contributed by atoms with E-state index in [0.717, 1.165) is 5.56 Å². The Morgan fingerprint density at radius 1 is 1.29 bits per heavy atom. The van der Waals surface area contributed by atoms with Crippen LogP contribution in [0.25, 0.3) is 0 Å². The Hall–Kier alpha value is -0.890. The predicted molar refractivity (Wildman–Crippen MR) is 55.5 cm³/mol. The van der Waals surface area contributed by atoms with Crippen LogP contribution in [0.15, 0.2) is 12.1 Å². The molecule has 2 heteroatoms. The van der Waals surface area contributed by atoms with E-state index in [1.54, 1.807) is 13.8 Å². The van der Waals surface area contributed by atoms with Crippen molar-refractivity contribution in [2.75, 3.05) is 0 Å². The van der Waals surface area contributed by atoms with Crippen molar-refractivity contribution in [1.29, 1.82) is 0 Å². The molecule has 1 aliphatic rings. The second-order valence-electron chi connectivity index (χ2n) is 4.33. The van der Waals surface area contributed by atoms with Crippen LogP contribution < -0.4 is 5.73 Å². The highest BCUT2D eigenvalue weighted by Crippen LogP contribution is 2.39. The van der Waals surface area contributed by atoms with Gasteiger partial charge in [0.2, 0.25) is 0 Å². The van der Waals surface area contributed by atoms with Gasteiger partial charge in [-0.1, -0.05) is 12.1 Å². The Labute approximate surface area is 84.1 Å². The van der Waals surface area contributed by atoms with E-state index in [1.165, 1.54) is 12.8 Å². The molecular formula is C12H16FN. The lowest BCUT2D eigenvalue weighted by Gasteiger charge is -2.13. The summed E-state index contributed by atoms with van der Waals surface area (Å²) in [6.45, 7) is 3.59. The van der Waals surface area contributed by atoms with Crippen molar-refractivity contribution in [3.05, 3.63) is 34.6 Å². The van der Waals surface area contributed by atoms with Crippen molar-refractivity contribution in [1.82, 2.24) is 0 Å². The van der Waals surface area contributed by atoms with Crippen molar-refractivity contribution in [3.63, 3.8) is 0 Å². The van der Waals surface area contributed by atoms with Crippen LogP contribution in [-0.4, -0.2) is 0 Å². The van der Waals surface area contributed by atoms with Crippen LogP contribution in [0.2, 0.25) is 0 Å². The lowest BCUT2D eigenvalue weighted by Crippen LogP contribution is -2.13. The van der Waals surface area contributed by atoms with Gasteiger partial charge in [0.25, 0.3) is 0 Å². The zero-order chi connectivity index (χ0) is 10.3. The minimum atomic E-state index is -0.100. The molecule has 1 saturated carbocycles. The summed E-state index contributed by atoms with van der Waals surface area (Å²) >= 11 is 0. The van der Waals surface area contributed by atoms with Gasteiger partial charge in [0, 0.05) is 6.04 Å². The minimum Gasteiger partial charge on any atom is -0.324 e. The van der Waals surface area contributed by atoms with Gasteiger partial charge in [-0.3, -0.25) is 0 Å². The zero-order valence-corrected chi connectivity index (χ0v) is 8.68. The molecule has 0 bridgehead atoms. The molecular weight excluding hydrogens is 177 g/mol. The largest absolute Gasteiger partial charge is 0.324 e. The molecule has 0 amide bonds. The third-order valence-corrected chi connectivity index (χ3v) is 2.97. The van der Waals surface area contributed by atoms with Crippen molar-refractivity contribution >= 4 is 0 Å². The summed E-state index contributed by atoms with van der Waals surface area (Å²) in [5.41, 5.74) is 8.56. The monoisotopic (exact) mass is 193 g/mol. The topological polar surface area (TPSA) is 26.0 Å². The summed E-state index contributed by atoms with van der Waals surface area (Å²) in [7, 11) is 0. The van der Waals surface area contributed by atoms with Crippen molar-refractivity contribution in [3.8, 4) is 0 Å². The molecule has 1 nitrogen and oxygen atoms in total. The lowest BCUT2D eigenvalue weighted by molar-refractivity contribution is 0.597. The highest BCUT2D eigenvalue weighted by atomic mass is 19.1. The summed E-state index contributed by atoms with van der Waals surface area (Å²) in [5.74, 6) is 0.524. The molecule has 1 aromatic rings. The average Bonchev–Trinajstić information content (AvgIpc) is 2.95. The Balaban J connectivity index is 2.34. The predicted octanol–water partition coefficient (Wildman–Crippen LogP) is 2.85. The molecule has 1 aliphatic carbocycles. The van der Waals surface area contributed by atoms with E-state index < -0.39 is 0 Å². The van der Waals surface area contributed by atoms with Crippen LogP contribution in [0.3, 0.4) is 0 Å². The standard InChI is InChI=1S/C12H16FN/c1-7-5-10(6-8(2)11(7)13)12(14)9-3-4-9/h5-6,9,12H,3-4,14H2,1-2H3/t12-/m0/s1. The fraction of sp³-hybridized carbons (Fsp3) is 0.500. The van der Waals surface area contributed by atoms with E-state index in [-0.39, 0.29) is 11.9 Å². The number of rotatable bonds is 2. The average molecular weight is 193 g/mol. The first-order chi connectivity index (χ1) is 6.59. The number of halogens is 1. The fourth-order valence-electron chi connectivity index (χ4n) is 1.90. The summed E-state index contributed by atoms with van der Waals surface area (Å²) in [5, 5.41) is 0. The van der Waals surface area contributed by atoms with Gasteiger partial charge in [0.05, 0.1) is 0 Å². The normalized spacial score (nSPS) is 18.3. The molecule has 0 aliphatic heterocycles. The SMILES string of the molecule is Cc1cc([C@@H](N)C2CC2)cc(C)c1F. The molecule has 0 saturated heterocycles. The van der Waals surface area contributed by atoms with Gasteiger partial charge in [0.1, 0.15) is 5.82 Å². The van der Waals surface area contributed by atoms with E-state index in [0.29, 0.717) is 17.0 Å². The van der Waals surface area contributed by atoms with Crippen molar-refractivity contribution < 1.29 is 4.39 Å². The summed E-state index contributed by atoms with van der Waals surface area (Å²) in [6.07, 6.45) is 2.44. The number of benzene rings is 1. The van der Waals surface area contributed by atoms with Gasteiger partial charge in [-0.15, -0.1) is 0 Å². The number of nitrogens with two attached hydrogens (primary N) is 1. The molecule has 0 unspecified atom stereocenters. The van der Waals surface area contributed by atoms with Gasteiger partial charge in [0.15, 0.2) is 0 Å². The minimum absolute atomic E-state index is 0.100. The first-order valence-corrected chi connectivity index (χ1v) is 5.12. The van der Waals surface area contributed by atoms with Gasteiger partial charge in [-0.05, 0) is 49.3 Å². The number of hydrogen-bond acceptors (Lipinski definition) is 1. The fourth-order valence-corrected chi connectivity index (χ4v) is 1.90. The van der Waals surface area contributed by atoms with Crippen LogP contribution in [0, 0.1) is 25.6 Å². The maximum atomic E-state index is 13.4. The van der Waals surface area contributed by atoms with Gasteiger partial charge in [-0.25, -0.2) is 4.39 Å². The van der Waals surface area contributed by atoms with Crippen LogP contribution in [-0.2, 0) is 0 Å². The smallest absolute Gasteiger partial charge is 0.129 e. The third-order valence-electron chi connectivity index (χ3n) is 2.97. The third kappa shape index (κ3) is 1.67. The molecule has 1 fully saturated rings. The second-order valence-corrected chi connectivity index (χ2v) is 4.33. The molecule has 0 aromatic heterocycles. The van der Waals surface area contributed by atoms with Gasteiger partial charge >= 0.3 is 0 Å².